The Kier molecular flexibility index (Phi) is 1.78. The smallest absolute Gasteiger partial charge is 0.312 e. The quantitative estimate of drug-likeness (QED) is 0.792. The predicted octanol–water partition coefficient (Wildman–Crippen LogP) is 2.18. The van der Waals surface area contributed by atoms with E-state index in [-0.39, 0.29) is 5.69 Å². The lowest BCUT2D eigenvalue weighted by Gasteiger charge is -2.04. The van der Waals surface area contributed by atoms with Gasteiger partial charge in [0.25, 0.3) is 0 Å². The van der Waals surface area contributed by atoms with Crippen LogP contribution in [-0.4, -0.2) is 9.55 Å². The first-order valence-corrected chi connectivity index (χ1v) is 5.21. The molecule has 1 saturated carbocycles. The zero-order valence-corrected chi connectivity index (χ0v) is 8.31. The highest BCUT2D eigenvalue weighted by molar-refractivity contribution is 5.58. The monoisotopic (exact) mass is 200 g/mol. The summed E-state index contributed by atoms with van der Waals surface area (Å²) in [6, 6.07) is 10.4. The number of nitrogens with one attached hydrogen (secondary N) is 1. The molecule has 15 heavy (non-hydrogen) atoms. The van der Waals surface area contributed by atoms with Gasteiger partial charge in [0.05, 0.1) is 5.69 Å². The first-order valence-electron chi connectivity index (χ1n) is 5.21. The van der Waals surface area contributed by atoms with Crippen molar-refractivity contribution in [2.24, 2.45) is 0 Å². The highest BCUT2D eigenvalue weighted by Gasteiger charge is 2.27. The fraction of sp³-hybridized carbons (Fsp3) is 0.250. The van der Waals surface area contributed by atoms with E-state index in [0.29, 0.717) is 6.04 Å². The fourth-order valence-corrected chi connectivity index (χ4v) is 1.91. The molecule has 1 aliphatic rings. The van der Waals surface area contributed by atoms with Gasteiger partial charge in [-0.15, -0.1) is 0 Å². The van der Waals surface area contributed by atoms with Crippen molar-refractivity contribution in [3.8, 4) is 11.3 Å². The van der Waals surface area contributed by atoms with Gasteiger partial charge in [0.2, 0.25) is 0 Å². The molecular weight excluding hydrogens is 188 g/mol. The molecule has 76 valence electrons. The summed E-state index contributed by atoms with van der Waals surface area (Å²) in [4.78, 5) is 14.4. The number of hydrogen-bond acceptors (Lipinski definition) is 1. The molecule has 1 aromatic carbocycles. The molecule has 3 rings (SSSR count). The van der Waals surface area contributed by atoms with Crippen molar-refractivity contribution in [2.45, 2.75) is 18.9 Å². The first kappa shape index (κ1) is 8.53. The maximum absolute atomic E-state index is 11.6. The zero-order chi connectivity index (χ0) is 10.3. The molecule has 0 atom stereocenters. The predicted molar refractivity (Wildman–Crippen MR) is 58.8 cm³/mol. The Morgan fingerprint density at radius 1 is 1.20 bits per heavy atom. The van der Waals surface area contributed by atoms with E-state index < -0.39 is 0 Å². The van der Waals surface area contributed by atoms with Crippen LogP contribution in [0.4, 0.5) is 0 Å². The molecule has 1 aliphatic carbocycles. The minimum absolute atomic E-state index is 0.0105. The third-order valence-corrected chi connectivity index (χ3v) is 2.79. The Morgan fingerprint density at radius 2 is 1.93 bits per heavy atom. The van der Waals surface area contributed by atoms with Crippen LogP contribution in [0, 0.1) is 0 Å². The molecule has 1 aromatic heterocycles. The molecule has 0 bridgehead atoms. The molecule has 1 fully saturated rings. The number of aromatic amines is 1. The third kappa shape index (κ3) is 1.40. The number of H-pyrrole nitrogens is 1. The highest BCUT2D eigenvalue weighted by atomic mass is 16.1. The Morgan fingerprint density at radius 3 is 2.60 bits per heavy atom. The minimum atomic E-state index is 0.0105. The van der Waals surface area contributed by atoms with E-state index in [0.717, 1.165) is 24.1 Å². The van der Waals surface area contributed by atoms with E-state index in [4.69, 9.17) is 0 Å². The lowest BCUT2D eigenvalue weighted by molar-refractivity contribution is 0.717. The van der Waals surface area contributed by atoms with E-state index in [1.165, 1.54) is 0 Å². The van der Waals surface area contributed by atoms with Gasteiger partial charge in [-0.05, 0) is 18.4 Å². The van der Waals surface area contributed by atoms with Crippen molar-refractivity contribution >= 4 is 0 Å². The van der Waals surface area contributed by atoms with Crippen LogP contribution in [0.1, 0.15) is 18.9 Å². The number of nitrogens with zero attached hydrogens (tertiary/aromatic N) is 1. The Bertz CT molecular complexity index is 520. The maximum Gasteiger partial charge on any atom is 0.326 e. The second-order valence-corrected chi connectivity index (χ2v) is 3.95. The number of rotatable bonds is 2. The van der Waals surface area contributed by atoms with Gasteiger partial charge in [-0.25, -0.2) is 4.79 Å². The zero-order valence-electron chi connectivity index (χ0n) is 8.31. The van der Waals surface area contributed by atoms with Gasteiger partial charge in [0.1, 0.15) is 0 Å². The van der Waals surface area contributed by atoms with Crippen LogP contribution >= 0.6 is 0 Å². The Balaban J connectivity index is 2.16. The summed E-state index contributed by atoms with van der Waals surface area (Å²) in [5, 5.41) is 0. The molecule has 3 heteroatoms. The van der Waals surface area contributed by atoms with Gasteiger partial charge >= 0.3 is 5.69 Å². The maximum atomic E-state index is 11.6. The fourth-order valence-electron chi connectivity index (χ4n) is 1.91. The molecule has 0 spiro atoms. The molecule has 0 saturated heterocycles. The van der Waals surface area contributed by atoms with Crippen LogP contribution in [0.25, 0.3) is 11.3 Å². The summed E-state index contributed by atoms with van der Waals surface area (Å²) in [5.74, 6) is 0. The summed E-state index contributed by atoms with van der Waals surface area (Å²) in [6.45, 7) is 0. The average Bonchev–Trinajstić information content (AvgIpc) is 3.03. The summed E-state index contributed by atoms with van der Waals surface area (Å²) in [7, 11) is 0. The lowest BCUT2D eigenvalue weighted by atomic mass is 10.2. The van der Waals surface area contributed by atoms with E-state index in [1.807, 2.05) is 34.9 Å². The van der Waals surface area contributed by atoms with Gasteiger partial charge in [-0.3, -0.25) is 4.57 Å². The molecule has 0 unspecified atom stereocenters. The van der Waals surface area contributed by atoms with Crippen LogP contribution in [0.3, 0.4) is 0 Å². The average molecular weight is 200 g/mol. The van der Waals surface area contributed by atoms with E-state index >= 15 is 0 Å². The first-order chi connectivity index (χ1) is 7.36. The minimum Gasteiger partial charge on any atom is -0.312 e. The van der Waals surface area contributed by atoms with Crippen molar-refractivity contribution in [1.82, 2.24) is 9.55 Å². The standard InChI is InChI=1S/C12H12N2O/c15-12-13-8-11(14(12)10-6-7-10)9-4-2-1-3-5-9/h1-5,8,10H,6-7H2,(H,13,15). The molecule has 0 amide bonds. The Labute approximate surface area is 87.4 Å². The number of aromatic nitrogens is 2. The lowest BCUT2D eigenvalue weighted by Crippen LogP contribution is -2.16. The van der Waals surface area contributed by atoms with Gasteiger partial charge in [0, 0.05) is 12.2 Å². The van der Waals surface area contributed by atoms with Crippen LogP contribution in [0.5, 0.6) is 0 Å². The van der Waals surface area contributed by atoms with E-state index in [9.17, 15) is 4.79 Å². The second kappa shape index (κ2) is 3.12. The third-order valence-electron chi connectivity index (χ3n) is 2.79. The van der Waals surface area contributed by atoms with E-state index in [2.05, 4.69) is 4.98 Å². The summed E-state index contributed by atoms with van der Waals surface area (Å²) in [5.41, 5.74) is 2.11. The number of benzene rings is 1. The molecule has 0 aliphatic heterocycles. The molecule has 1 heterocycles. The largest absolute Gasteiger partial charge is 0.326 e. The summed E-state index contributed by atoms with van der Waals surface area (Å²) >= 11 is 0. The van der Waals surface area contributed by atoms with Crippen LogP contribution < -0.4 is 5.69 Å². The normalized spacial score (nSPS) is 15.5. The molecule has 2 aromatic rings. The Hall–Kier alpha value is -1.77. The molecule has 0 radical (unpaired) electrons. The van der Waals surface area contributed by atoms with Crippen LogP contribution in [-0.2, 0) is 0 Å². The second-order valence-electron chi connectivity index (χ2n) is 3.95. The topological polar surface area (TPSA) is 37.8 Å². The van der Waals surface area contributed by atoms with Gasteiger partial charge in [-0.2, -0.15) is 0 Å². The van der Waals surface area contributed by atoms with E-state index in [1.54, 1.807) is 6.20 Å². The number of imidazole rings is 1. The molecule has 3 nitrogen and oxygen atoms in total. The summed E-state index contributed by atoms with van der Waals surface area (Å²) in [6.07, 6.45) is 4.05. The van der Waals surface area contributed by atoms with Crippen molar-refractivity contribution < 1.29 is 0 Å². The highest BCUT2D eigenvalue weighted by Crippen LogP contribution is 2.36. The molecule has 1 N–H and O–H groups in total. The number of hydrogen-bond donors (Lipinski definition) is 1. The summed E-state index contributed by atoms with van der Waals surface area (Å²) < 4.78 is 1.87. The van der Waals surface area contributed by atoms with Gasteiger partial charge in [-0.1, -0.05) is 30.3 Å². The van der Waals surface area contributed by atoms with Crippen molar-refractivity contribution in [2.75, 3.05) is 0 Å². The van der Waals surface area contributed by atoms with Crippen LogP contribution in [0.15, 0.2) is 41.3 Å². The van der Waals surface area contributed by atoms with Gasteiger partial charge in [0.15, 0.2) is 0 Å². The van der Waals surface area contributed by atoms with Crippen molar-refractivity contribution in [3.63, 3.8) is 0 Å². The molecular formula is C12H12N2O. The SMILES string of the molecule is O=c1[nH]cc(-c2ccccc2)n1C1CC1. The van der Waals surface area contributed by atoms with Gasteiger partial charge < -0.3 is 4.98 Å². The van der Waals surface area contributed by atoms with Crippen LogP contribution in [0.2, 0.25) is 0 Å². The van der Waals surface area contributed by atoms with Crippen molar-refractivity contribution in [1.29, 1.82) is 0 Å². The van der Waals surface area contributed by atoms with Crippen molar-refractivity contribution in [3.05, 3.63) is 47.0 Å².